The lowest BCUT2D eigenvalue weighted by Gasteiger charge is -2.28. The van der Waals surface area contributed by atoms with Gasteiger partial charge in [0, 0.05) is 66.6 Å². The SMILES string of the molecule is c1ccc(N(c2cccc3c2ccc2ccccc23)c2cc3oc4ccc5oc6cc(N(c7ccccc7)c7cccc8c7ccc7ccccc78)c7ccccc7c6c5c4c3c3ccccc23)cc1. The number of hydrogen-bond donors (Lipinski definition) is 0. The van der Waals surface area contributed by atoms with E-state index in [0.29, 0.717) is 0 Å². The van der Waals surface area contributed by atoms with Gasteiger partial charge in [0.2, 0.25) is 0 Å². The van der Waals surface area contributed by atoms with Crippen molar-refractivity contribution in [3.8, 4) is 0 Å². The Balaban J connectivity index is 0.999. The maximum Gasteiger partial charge on any atom is 0.138 e. The fraction of sp³-hybridized carbons (Fsp3) is 0. The molecule has 0 aliphatic heterocycles. The third-order valence-corrected chi connectivity index (χ3v) is 14.6. The summed E-state index contributed by atoms with van der Waals surface area (Å²) in [6, 6.07) is 87.3. The molecule has 0 fully saturated rings. The van der Waals surface area contributed by atoms with Gasteiger partial charge in [0.05, 0.1) is 22.7 Å². The number of para-hydroxylation sites is 2. The van der Waals surface area contributed by atoms with E-state index in [2.05, 4.69) is 252 Å². The van der Waals surface area contributed by atoms with Gasteiger partial charge in [-0.05, 0) is 91.6 Å². The second-order valence-corrected chi connectivity index (χ2v) is 18.3. The van der Waals surface area contributed by atoms with Gasteiger partial charge in [-0.1, -0.05) is 182 Å². The van der Waals surface area contributed by atoms with Crippen molar-refractivity contribution in [2.75, 3.05) is 9.80 Å². The molecule has 0 unspecified atom stereocenters. The summed E-state index contributed by atoms with van der Waals surface area (Å²) >= 11 is 0. The quantitative estimate of drug-likeness (QED) is 0.156. The van der Waals surface area contributed by atoms with Crippen molar-refractivity contribution in [3.05, 3.63) is 243 Å². The predicted molar refractivity (Wildman–Crippen MR) is 295 cm³/mol. The number of anilines is 6. The molecule has 15 rings (SSSR count). The Labute approximate surface area is 402 Å². The van der Waals surface area contributed by atoms with Crippen LogP contribution in [0.2, 0.25) is 0 Å². The molecule has 13 aromatic carbocycles. The molecule has 0 atom stereocenters. The zero-order valence-electron chi connectivity index (χ0n) is 37.8. The van der Waals surface area contributed by atoms with Gasteiger partial charge in [0.1, 0.15) is 22.3 Å². The highest BCUT2D eigenvalue weighted by molar-refractivity contribution is 6.36. The van der Waals surface area contributed by atoms with Crippen molar-refractivity contribution in [3.63, 3.8) is 0 Å². The Morgan fingerprint density at radius 1 is 0.214 bits per heavy atom. The Morgan fingerprint density at radius 2 is 0.571 bits per heavy atom. The molecule has 0 bridgehead atoms. The summed E-state index contributed by atoms with van der Waals surface area (Å²) < 4.78 is 14.2. The number of nitrogens with zero attached hydrogens (tertiary/aromatic N) is 2. The highest BCUT2D eigenvalue weighted by Crippen LogP contribution is 2.52. The molecule has 0 saturated carbocycles. The van der Waals surface area contributed by atoms with Crippen LogP contribution in [0.5, 0.6) is 0 Å². The lowest BCUT2D eigenvalue weighted by Crippen LogP contribution is -2.11. The molecule has 0 aliphatic rings. The molecule has 2 heterocycles. The first kappa shape index (κ1) is 38.7. The number of fused-ring (bicyclic) bond motifs is 17. The molecule has 0 aliphatic carbocycles. The lowest BCUT2D eigenvalue weighted by atomic mass is 9.95. The largest absolute Gasteiger partial charge is 0.456 e. The molecule has 4 nitrogen and oxygen atoms in total. The van der Waals surface area contributed by atoms with Crippen LogP contribution >= 0.6 is 0 Å². The Morgan fingerprint density at radius 3 is 1.01 bits per heavy atom. The van der Waals surface area contributed by atoms with E-state index in [-0.39, 0.29) is 0 Å². The van der Waals surface area contributed by atoms with Crippen molar-refractivity contribution in [2.45, 2.75) is 0 Å². The molecule has 0 spiro atoms. The van der Waals surface area contributed by atoms with Gasteiger partial charge in [0.15, 0.2) is 0 Å². The van der Waals surface area contributed by atoms with E-state index >= 15 is 0 Å². The van der Waals surface area contributed by atoms with Gasteiger partial charge < -0.3 is 18.6 Å². The molecule has 15 aromatic rings. The molecule has 4 heteroatoms. The maximum absolute atomic E-state index is 7.08. The average Bonchev–Trinajstić information content (AvgIpc) is 4.00. The zero-order chi connectivity index (χ0) is 45.9. The van der Waals surface area contributed by atoms with E-state index in [4.69, 9.17) is 8.83 Å². The van der Waals surface area contributed by atoms with Crippen molar-refractivity contribution >= 4 is 143 Å². The lowest BCUT2D eigenvalue weighted by molar-refractivity contribution is 0.663. The second kappa shape index (κ2) is 15.1. The third-order valence-electron chi connectivity index (χ3n) is 14.6. The average molecular weight is 893 g/mol. The Kier molecular flexibility index (Phi) is 8.33. The number of rotatable bonds is 6. The van der Waals surface area contributed by atoms with Crippen LogP contribution in [0.15, 0.2) is 251 Å². The first-order valence-electron chi connectivity index (χ1n) is 23.9. The van der Waals surface area contributed by atoms with Crippen LogP contribution in [-0.2, 0) is 0 Å². The van der Waals surface area contributed by atoms with Crippen LogP contribution < -0.4 is 9.80 Å². The predicted octanol–water partition coefficient (Wildman–Crippen LogP) is 19.3. The minimum atomic E-state index is 0.817. The van der Waals surface area contributed by atoms with E-state index in [0.717, 1.165) is 99.5 Å². The molecule has 326 valence electrons. The summed E-state index contributed by atoms with van der Waals surface area (Å²) in [4.78, 5) is 4.81. The first-order chi connectivity index (χ1) is 34.7. The van der Waals surface area contributed by atoms with Gasteiger partial charge in [-0.25, -0.2) is 0 Å². The fourth-order valence-electron chi connectivity index (χ4n) is 11.6. The van der Waals surface area contributed by atoms with Gasteiger partial charge in [-0.15, -0.1) is 0 Å². The molecule has 0 saturated heterocycles. The van der Waals surface area contributed by atoms with E-state index < -0.39 is 0 Å². The van der Waals surface area contributed by atoms with E-state index in [9.17, 15) is 0 Å². The summed E-state index contributed by atoms with van der Waals surface area (Å²) in [5.74, 6) is 0. The summed E-state index contributed by atoms with van der Waals surface area (Å²) in [6.07, 6.45) is 0. The highest BCUT2D eigenvalue weighted by atomic mass is 16.3. The second-order valence-electron chi connectivity index (χ2n) is 18.3. The number of furan rings is 2. The van der Waals surface area contributed by atoms with E-state index in [1.807, 2.05) is 0 Å². The zero-order valence-corrected chi connectivity index (χ0v) is 37.8. The topological polar surface area (TPSA) is 32.8 Å². The monoisotopic (exact) mass is 892 g/mol. The summed E-state index contributed by atoms with van der Waals surface area (Å²) in [5, 5.41) is 18.4. The molecule has 2 aromatic heterocycles. The molecule has 0 radical (unpaired) electrons. The summed E-state index contributed by atoms with van der Waals surface area (Å²) in [7, 11) is 0. The first-order valence-corrected chi connectivity index (χ1v) is 23.9. The Hall–Kier alpha value is -9.38. The van der Waals surface area contributed by atoms with Crippen LogP contribution in [-0.4, -0.2) is 0 Å². The van der Waals surface area contributed by atoms with Crippen LogP contribution in [0, 0.1) is 0 Å². The van der Waals surface area contributed by atoms with Gasteiger partial charge >= 0.3 is 0 Å². The fourth-order valence-corrected chi connectivity index (χ4v) is 11.6. The number of benzene rings is 13. The van der Waals surface area contributed by atoms with Gasteiger partial charge in [0.25, 0.3) is 0 Å². The summed E-state index contributed by atoms with van der Waals surface area (Å²) in [5.41, 5.74) is 9.68. The summed E-state index contributed by atoms with van der Waals surface area (Å²) in [6.45, 7) is 0. The number of hydrogen-bond acceptors (Lipinski definition) is 4. The van der Waals surface area contributed by atoms with E-state index in [1.165, 1.54) is 43.1 Å². The van der Waals surface area contributed by atoms with Crippen molar-refractivity contribution in [2.24, 2.45) is 0 Å². The van der Waals surface area contributed by atoms with Crippen molar-refractivity contribution in [1.82, 2.24) is 0 Å². The van der Waals surface area contributed by atoms with Crippen LogP contribution in [0.4, 0.5) is 34.1 Å². The normalized spacial score (nSPS) is 12.0. The van der Waals surface area contributed by atoms with Gasteiger partial charge in [-0.3, -0.25) is 0 Å². The third kappa shape index (κ3) is 5.65. The van der Waals surface area contributed by atoms with E-state index in [1.54, 1.807) is 0 Å². The van der Waals surface area contributed by atoms with Crippen LogP contribution in [0.1, 0.15) is 0 Å². The highest BCUT2D eigenvalue weighted by Gasteiger charge is 2.27. The standard InChI is InChI=1S/C66H40N2O2/c1-3-19-43(20-4-1)67(55-31-15-29-47-45-23-9-7-17-41(45)33-35-51(47)55)57-39-61-63(53-27-13-11-25-49(53)57)65-59(69-61)37-38-60-66(65)64-54-28-14-12-26-50(54)58(40-62(64)70-60)68(44-21-5-2-6-22-44)56-32-16-30-48-46-24-10-8-18-42(46)34-36-52(48)56/h1-40H. The van der Waals surface area contributed by atoms with Crippen LogP contribution in [0.25, 0.3) is 109 Å². The van der Waals surface area contributed by atoms with Crippen molar-refractivity contribution in [1.29, 1.82) is 0 Å². The molecular formula is C66H40N2O2. The minimum Gasteiger partial charge on any atom is -0.456 e. The van der Waals surface area contributed by atoms with Crippen LogP contribution in [0.3, 0.4) is 0 Å². The smallest absolute Gasteiger partial charge is 0.138 e. The molecule has 70 heavy (non-hydrogen) atoms. The molecule has 0 amide bonds. The van der Waals surface area contributed by atoms with Crippen molar-refractivity contribution < 1.29 is 8.83 Å². The van der Waals surface area contributed by atoms with Gasteiger partial charge in [-0.2, -0.15) is 0 Å². The minimum absolute atomic E-state index is 0.817. The molecular weight excluding hydrogens is 853 g/mol. The Bertz CT molecular complexity index is 4310. The molecule has 0 N–H and O–H groups in total. The maximum atomic E-state index is 7.08.